The van der Waals surface area contributed by atoms with Crippen LogP contribution in [0.2, 0.25) is 0 Å². The number of amides is 1. The van der Waals surface area contributed by atoms with E-state index in [1.54, 1.807) is 6.92 Å². The number of carbonyl (C=O) groups excluding carboxylic acids is 2. The van der Waals surface area contributed by atoms with Crippen LogP contribution >= 0.6 is 7.82 Å². The van der Waals surface area contributed by atoms with E-state index >= 15 is 0 Å². The first-order valence-corrected chi connectivity index (χ1v) is 14.8. The van der Waals surface area contributed by atoms with Crippen molar-refractivity contribution in [3.8, 4) is 71.2 Å². The second kappa shape index (κ2) is 37.5. The molecular weight excluding hydrogens is 607 g/mol. The Hall–Kier alpha value is -1.67. The molecule has 0 aliphatic heterocycles. The first-order chi connectivity index (χ1) is 20.2. The van der Waals surface area contributed by atoms with Gasteiger partial charge in [-0.05, 0) is 42.9 Å². The van der Waals surface area contributed by atoms with E-state index in [0.29, 0.717) is 6.42 Å². The van der Waals surface area contributed by atoms with Gasteiger partial charge in [0.1, 0.15) is 12.9 Å². The normalized spacial score (nSPS) is 9.23. The number of hydrogen-bond donors (Lipinski definition) is 2. The fraction of sp³-hybridized carbons (Fsp3) is 0.548. The van der Waals surface area contributed by atoms with Crippen molar-refractivity contribution in [1.29, 1.82) is 0 Å². The maximum atomic E-state index is 11.7. The van der Waals surface area contributed by atoms with Crippen molar-refractivity contribution in [2.24, 2.45) is 0 Å². The van der Waals surface area contributed by atoms with Crippen LogP contribution in [0.4, 0.5) is 0 Å². The van der Waals surface area contributed by atoms with Gasteiger partial charge in [0.05, 0.1) is 21.0 Å². The maximum absolute atomic E-state index is 11.7. The minimum atomic E-state index is -5.15. The molecular formula is C31H60NNa2O9P. The summed E-state index contributed by atoms with van der Waals surface area (Å²) in [7, 11) is -5.15. The second-order valence-electron chi connectivity index (χ2n) is 8.24. The number of carbonyl (C=O) groups is 2. The fourth-order valence-electron chi connectivity index (χ4n) is 2.76. The SMILES string of the molecule is CC#CC#CC#CC#CC#CC#CNC(C)=O.CCCCCCCCCCCC(=O)O[C@@H](COCO)COP(=O)([O-])[O-].[HH].[HH].[HH].[HH].[HH].[HH].[HH].[HH].[HH].[HH].[HH].[Na+].[Na+]. The van der Waals surface area contributed by atoms with Crippen molar-refractivity contribution in [2.75, 3.05) is 20.0 Å². The van der Waals surface area contributed by atoms with Gasteiger partial charge in [-0.1, -0.05) is 64.2 Å². The smallest absolute Gasteiger partial charge is 0.790 e. The van der Waals surface area contributed by atoms with E-state index in [4.69, 9.17) is 9.84 Å². The minimum Gasteiger partial charge on any atom is -0.790 e. The summed E-state index contributed by atoms with van der Waals surface area (Å²) in [6.45, 7) is 3.76. The van der Waals surface area contributed by atoms with E-state index in [0.717, 1.165) is 19.3 Å². The number of unbranched alkanes of at least 4 members (excludes halogenated alkanes) is 8. The standard InChI is InChI=1S/C16H33O8P.C15H7NO.2Na.11H2/c1-2-3-4-5-6-7-8-9-10-11-16(18)24-15(12-22-14-17)13-23-25(19,20)21;1-3-4-5-6-7-8-9-10-11-12-13-14-16-15(2)17;;;;;;;;;;;;;/h15,17H,2-14H2,1H3,(H2,19,20,21);1-2H3,(H,16,17);;;11*1H/q;;2*+1;;;;;;;;;;;/p-2/t15-;;;;;;;;;;;;;;/m0............../s1. The number of phosphoric acid groups is 1. The van der Waals surface area contributed by atoms with Gasteiger partial charge in [-0.25, -0.2) is 0 Å². The molecule has 0 rings (SSSR count). The van der Waals surface area contributed by atoms with Crippen LogP contribution in [0, 0.1) is 71.2 Å². The van der Waals surface area contributed by atoms with Crippen molar-refractivity contribution in [2.45, 2.75) is 91.1 Å². The maximum Gasteiger partial charge on any atom is 1.00 e. The Labute approximate surface area is 323 Å². The van der Waals surface area contributed by atoms with Crippen LogP contribution in [0.15, 0.2) is 0 Å². The van der Waals surface area contributed by atoms with Gasteiger partial charge in [-0.15, -0.1) is 0 Å². The molecule has 0 fully saturated rings. The number of rotatable bonds is 17. The third-order valence-electron chi connectivity index (χ3n) is 4.58. The summed E-state index contributed by atoms with van der Waals surface area (Å²) < 4.78 is 24.2. The molecule has 1 atom stereocenters. The van der Waals surface area contributed by atoms with E-state index in [1.165, 1.54) is 39.0 Å². The summed E-state index contributed by atoms with van der Waals surface area (Å²) in [6, 6.07) is 2.35. The van der Waals surface area contributed by atoms with Crippen LogP contribution in [0.5, 0.6) is 0 Å². The molecule has 250 valence electrons. The zero-order valence-corrected chi connectivity index (χ0v) is 31.3. The van der Waals surface area contributed by atoms with Gasteiger partial charge in [0.25, 0.3) is 0 Å². The summed E-state index contributed by atoms with van der Waals surface area (Å²) >= 11 is 0. The van der Waals surface area contributed by atoms with Crippen LogP contribution in [0.1, 0.15) is 101 Å². The van der Waals surface area contributed by atoms with Crippen LogP contribution in [0.25, 0.3) is 0 Å². The van der Waals surface area contributed by atoms with Gasteiger partial charge in [0.15, 0.2) is 0 Å². The van der Waals surface area contributed by atoms with E-state index in [-0.39, 0.29) is 93.7 Å². The predicted molar refractivity (Wildman–Crippen MR) is 178 cm³/mol. The predicted octanol–water partition coefficient (Wildman–Crippen LogP) is -1.53. The third-order valence-corrected chi connectivity index (χ3v) is 5.05. The number of nitrogens with one attached hydrogen (secondary N) is 1. The molecule has 0 unspecified atom stereocenters. The molecule has 0 spiro atoms. The first kappa shape index (κ1) is 49.2. The van der Waals surface area contributed by atoms with Gasteiger partial charge >= 0.3 is 65.1 Å². The Morgan fingerprint density at radius 1 is 0.818 bits per heavy atom. The molecule has 10 nitrogen and oxygen atoms in total. The van der Waals surface area contributed by atoms with Crippen molar-refractivity contribution in [3.63, 3.8) is 0 Å². The quantitative estimate of drug-likeness (QED) is 0.0357. The zero-order chi connectivity index (χ0) is 31.7. The average Bonchev–Trinajstić information content (AvgIpc) is 2.94. The Morgan fingerprint density at radius 2 is 1.30 bits per heavy atom. The fourth-order valence-corrected chi connectivity index (χ4v) is 3.11. The molecule has 0 aromatic rings. The minimum absolute atomic E-state index is 0. The molecule has 0 aromatic heterocycles. The molecule has 0 heterocycles. The molecule has 0 aromatic carbocycles. The summed E-state index contributed by atoms with van der Waals surface area (Å²) in [5.74, 6) is 26.6. The summed E-state index contributed by atoms with van der Waals surface area (Å²) in [5.41, 5.74) is 0. The first-order valence-electron chi connectivity index (χ1n) is 13.4. The van der Waals surface area contributed by atoms with Crippen LogP contribution in [-0.2, 0) is 28.2 Å². The largest absolute Gasteiger partial charge is 1.00 e. The van der Waals surface area contributed by atoms with Gasteiger partial charge < -0.3 is 33.5 Å². The van der Waals surface area contributed by atoms with E-state index in [9.17, 15) is 23.9 Å². The zero-order valence-electron chi connectivity index (χ0n) is 26.4. The monoisotopic (exact) mass is 667 g/mol. The summed E-state index contributed by atoms with van der Waals surface area (Å²) in [6.07, 6.45) is 9.25. The van der Waals surface area contributed by atoms with Gasteiger partial charge in [-0.3, -0.25) is 14.9 Å². The number of hydrogen-bond acceptors (Lipinski definition) is 9. The number of aliphatic hydroxyl groups excluding tert-OH is 1. The molecule has 0 saturated heterocycles. The van der Waals surface area contributed by atoms with E-state index in [1.807, 2.05) is 0 Å². The number of ether oxygens (including phenoxy) is 2. The van der Waals surface area contributed by atoms with Crippen molar-refractivity contribution in [3.05, 3.63) is 0 Å². The molecule has 0 bridgehead atoms. The Bertz CT molecular complexity index is 1250. The van der Waals surface area contributed by atoms with Crippen molar-refractivity contribution < 1.29 is 118 Å². The van der Waals surface area contributed by atoms with Gasteiger partial charge in [0, 0.05) is 64.7 Å². The molecule has 0 saturated carbocycles. The topological polar surface area (TPSA) is 157 Å². The van der Waals surface area contributed by atoms with E-state index in [2.05, 4.69) is 92.7 Å². The third kappa shape index (κ3) is 44.8. The van der Waals surface area contributed by atoms with Crippen molar-refractivity contribution in [1.82, 2.24) is 5.32 Å². The molecule has 13 heteroatoms. The molecule has 0 radical (unpaired) electrons. The molecule has 2 N–H and O–H groups in total. The Kier molecular flexibility index (Phi) is 42.0. The Morgan fingerprint density at radius 3 is 1.75 bits per heavy atom. The van der Waals surface area contributed by atoms with Gasteiger partial charge in [-0.2, -0.15) is 0 Å². The summed E-state index contributed by atoms with van der Waals surface area (Å²) in [5, 5.41) is 10.9. The van der Waals surface area contributed by atoms with E-state index < -0.39 is 33.3 Å². The molecule has 0 aliphatic carbocycles. The van der Waals surface area contributed by atoms with Crippen LogP contribution in [-0.4, -0.2) is 43.1 Å². The van der Waals surface area contributed by atoms with Gasteiger partial charge in [0.2, 0.25) is 5.91 Å². The average molecular weight is 668 g/mol. The number of phosphoric ester groups is 1. The molecule has 1 amide bonds. The second-order valence-corrected chi connectivity index (χ2v) is 9.39. The summed E-state index contributed by atoms with van der Waals surface area (Å²) in [4.78, 5) is 43.1. The number of aliphatic hydroxyl groups is 1. The molecule has 0 aliphatic rings. The van der Waals surface area contributed by atoms with Crippen LogP contribution < -0.4 is 74.2 Å². The number of esters is 1. The van der Waals surface area contributed by atoms with Crippen molar-refractivity contribution >= 4 is 19.7 Å². The Balaban J connectivity index is -0.0000000376. The van der Waals surface area contributed by atoms with Crippen LogP contribution in [0.3, 0.4) is 0 Å². The molecule has 44 heavy (non-hydrogen) atoms.